The maximum atomic E-state index is 15.4. The van der Waals surface area contributed by atoms with Crippen molar-refractivity contribution in [3.63, 3.8) is 0 Å². The fourth-order valence-corrected chi connectivity index (χ4v) is 15.1. The van der Waals surface area contributed by atoms with Crippen molar-refractivity contribution in [1.29, 1.82) is 0 Å². The molecule has 0 radical (unpaired) electrons. The summed E-state index contributed by atoms with van der Waals surface area (Å²) in [6.07, 6.45) is -3.62. The number of carboxylic acids is 2. The molecule has 1 fully saturated rings. The van der Waals surface area contributed by atoms with Gasteiger partial charge < -0.3 is 124 Å². The van der Waals surface area contributed by atoms with Crippen LogP contribution in [-0.2, 0) is 122 Å². The zero-order chi connectivity index (χ0) is 92.4. The Morgan fingerprint density at radius 2 is 1.28 bits per heavy atom. The number of carbonyl (C=O) groups excluding carboxylic acids is 17. The Kier molecular flexibility index (Phi) is 41.3. The van der Waals surface area contributed by atoms with E-state index in [4.69, 9.17) is 14.0 Å². The number of hydrogen-bond donors (Lipinski definition) is 22. The van der Waals surface area contributed by atoms with Crippen LogP contribution in [0, 0.1) is 11.8 Å². The first-order valence-corrected chi connectivity index (χ1v) is 43.2. The number of carboxylic acid groups (broad SMARTS) is 2. The van der Waals surface area contributed by atoms with E-state index in [1.807, 2.05) is 0 Å². The monoisotopic (exact) mass is 1810 g/mol. The zero-order valence-corrected chi connectivity index (χ0v) is 70.8. The first-order valence-electron chi connectivity index (χ1n) is 40.4. The van der Waals surface area contributed by atoms with Crippen molar-refractivity contribution in [2.75, 3.05) is 96.5 Å². The molecule has 125 heavy (non-hydrogen) atoms. The predicted octanol–water partition coefficient (Wildman–Crippen LogP) is -7.44. The number of aliphatic hydroxyl groups is 3. The van der Waals surface area contributed by atoms with Crippen molar-refractivity contribution in [2.45, 2.75) is 196 Å². The lowest BCUT2D eigenvalue weighted by molar-refractivity contribution is -0.146. The Hall–Kier alpha value is -11.5. The quantitative estimate of drug-likeness (QED) is 0.0167. The minimum atomic E-state index is -5.64. The topological polar surface area (TPSA) is 718 Å². The normalized spacial score (nSPS) is 21.2. The number of anilines is 1. The van der Waals surface area contributed by atoms with Crippen molar-refractivity contribution < 1.29 is 149 Å². The summed E-state index contributed by atoms with van der Waals surface area (Å²) in [6.45, 7) is 2.11. The van der Waals surface area contributed by atoms with Crippen LogP contribution in [0.3, 0.4) is 0 Å². The SMILES string of the molecule is CCC(C)[C@@H]1NC(=O)CNC(=O)[C@@H]2Cc3c([nH]c4cc(OP(=O)(O)O)c(NC(=O)CCCNC(=O)C(CCCCNC(=O)COCCCNC(=O)CCOCCCNC(=O)CC[C@H](NC(C)=O)C(=O)O)NC(=O)CCCN5C(=O)C=CC5=O)cc34)S(=O)C[C@H](NC(=O)CNC1=O)C(=O)N[C@@H](CC(=O)O)C(=O)N1C[C@H](O)C[C@H]1C(=O)N[C@@H](C(C)C(O)CO)C(=O)N2. The minimum absolute atomic E-state index is 0.00720. The van der Waals surface area contributed by atoms with Gasteiger partial charge in [0.15, 0.2) is 5.75 Å². The van der Waals surface area contributed by atoms with Gasteiger partial charge in [-0.15, -0.1) is 0 Å². The van der Waals surface area contributed by atoms with E-state index in [1.54, 1.807) is 13.8 Å². The predicted molar refractivity (Wildman–Crippen MR) is 432 cm³/mol. The molecule has 5 heterocycles. The highest BCUT2D eigenvalue weighted by molar-refractivity contribution is 7.85. The van der Waals surface area contributed by atoms with Gasteiger partial charge in [0.05, 0.1) is 72.7 Å². The van der Waals surface area contributed by atoms with Crippen molar-refractivity contribution >= 4 is 148 Å². The number of unbranched alkanes of at least 4 members (excludes halogenated alkanes) is 1. The second-order valence-corrected chi connectivity index (χ2v) is 32.5. The largest absolute Gasteiger partial charge is 0.524 e. The fraction of sp³-hybridized carbons (Fsp3) is 0.613. The summed E-state index contributed by atoms with van der Waals surface area (Å²) in [6, 6.07) is -12.1. The highest BCUT2D eigenvalue weighted by Crippen LogP contribution is 2.44. The summed E-state index contributed by atoms with van der Waals surface area (Å²) in [5.41, 5.74) is -1.19. The van der Waals surface area contributed by atoms with Crippen LogP contribution in [0.15, 0.2) is 29.3 Å². The number of amides is 17. The molecule has 0 aliphatic carbocycles. The number of nitrogens with zero attached hydrogens (tertiary/aromatic N) is 2. The molecule has 1 aromatic carbocycles. The van der Waals surface area contributed by atoms with Crippen LogP contribution < -0.4 is 79.0 Å². The Labute approximate surface area is 717 Å². The minimum Gasteiger partial charge on any atom is -0.481 e. The molecule has 0 saturated carbocycles. The summed E-state index contributed by atoms with van der Waals surface area (Å²) in [7, 11) is -8.45. The average molecular weight is 1810 g/mol. The van der Waals surface area contributed by atoms with Crippen LogP contribution in [0.2, 0.25) is 0 Å². The third-order valence-corrected chi connectivity index (χ3v) is 22.1. The van der Waals surface area contributed by atoms with Gasteiger partial charge in [-0.25, -0.2) is 9.36 Å². The van der Waals surface area contributed by atoms with Gasteiger partial charge in [0.25, 0.3) is 11.8 Å². The van der Waals surface area contributed by atoms with Gasteiger partial charge in [0.2, 0.25) is 88.6 Å². The third-order valence-electron chi connectivity index (χ3n) is 20.2. The number of aliphatic carboxylic acids is 2. The molecular weight excluding hydrogens is 1700 g/mol. The highest BCUT2D eigenvalue weighted by atomic mass is 32.2. The lowest BCUT2D eigenvalue weighted by Crippen LogP contribution is -2.62. The number of ether oxygens (including phenoxy) is 2. The van der Waals surface area contributed by atoms with Crippen molar-refractivity contribution in [3.05, 3.63) is 29.8 Å². The van der Waals surface area contributed by atoms with E-state index in [1.165, 1.54) is 13.8 Å². The maximum absolute atomic E-state index is 15.4. The van der Waals surface area contributed by atoms with Crippen LogP contribution in [0.25, 0.3) is 10.9 Å². The molecule has 2 aromatic rings. The second-order valence-electron chi connectivity index (χ2n) is 29.9. The number of hydrogen-bond acceptors (Lipinski definition) is 27. The molecule has 2 bridgehead atoms. The third kappa shape index (κ3) is 33.8. The molecule has 1 saturated heterocycles. The number of aliphatic hydroxyl groups excluding tert-OH is 3. The molecule has 13 atom stereocenters. The molecule has 692 valence electrons. The van der Waals surface area contributed by atoms with Crippen LogP contribution in [0.5, 0.6) is 5.75 Å². The summed E-state index contributed by atoms with van der Waals surface area (Å²) < 4.78 is 44.1. The van der Waals surface area contributed by atoms with Crippen LogP contribution in [0.1, 0.15) is 130 Å². The molecule has 5 unspecified atom stereocenters. The van der Waals surface area contributed by atoms with Gasteiger partial charge >= 0.3 is 19.8 Å². The summed E-state index contributed by atoms with van der Waals surface area (Å²) in [5.74, 6) is -22.1. The molecule has 48 nitrogen and oxygen atoms in total. The van der Waals surface area contributed by atoms with Crippen molar-refractivity contribution in [1.82, 2.24) is 83.9 Å². The van der Waals surface area contributed by atoms with Gasteiger partial charge in [0.1, 0.15) is 60.0 Å². The Morgan fingerprint density at radius 1 is 0.648 bits per heavy atom. The molecule has 1 aromatic heterocycles. The molecule has 6 rings (SSSR count). The number of nitrogens with one attached hydrogen (secondary N) is 15. The van der Waals surface area contributed by atoms with Crippen LogP contribution in [-0.4, -0.2) is 318 Å². The smallest absolute Gasteiger partial charge is 0.481 e. The van der Waals surface area contributed by atoms with E-state index in [9.17, 15) is 126 Å². The number of phosphoric acid groups is 1. The van der Waals surface area contributed by atoms with Gasteiger partial charge in [-0.05, 0) is 68.9 Å². The van der Waals surface area contributed by atoms with Gasteiger partial charge in [0, 0.05) is 127 Å². The number of phosphoric ester groups is 1. The van der Waals surface area contributed by atoms with Crippen LogP contribution >= 0.6 is 7.82 Å². The van der Waals surface area contributed by atoms with Gasteiger partial charge in [-0.3, -0.25) is 105 Å². The number of aromatic amines is 1. The van der Waals surface area contributed by atoms with Gasteiger partial charge in [-0.1, -0.05) is 27.2 Å². The molecule has 0 spiro atoms. The van der Waals surface area contributed by atoms with E-state index in [0.717, 1.165) is 29.2 Å². The lowest BCUT2D eigenvalue weighted by Gasteiger charge is -2.32. The Bertz CT molecular complexity index is 4370. The number of H-pyrrole nitrogens is 1. The summed E-state index contributed by atoms with van der Waals surface area (Å²) >= 11 is 0. The number of carbonyl (C=O) groups is 19. The second kappa shape index (κ2) is 50.5. The fourth-order valence-electron chi connectivity index (χ4n) is 13.3. The Morgan fingerprint density at radius 3 is 1.93 bits per heavy atom. The number of imide groups is 1. The van der Waals surface area contributed by atoms with E-state index in [2.05, 4.69) is 79.4 Å². The van der Waals surface area contributed by atoms with E-state index < -0.39 is 272 Å². The number of fused-ring (bicyclic) bond motifs is 5. The highest BCUT2D eigenvalue weighted by Gasteiger charge is 2.46. The first kappa shape index (κ1) is 102. The maximum Gasteiger partial charge on any atom is 0.524 e. The van der Waals surface area contributed by atoms with Crippen molar-refractivity contribution in [2.24, 2.45) is 11.8 Å². The van der Waals surface area contributed by atoms with E-state index >= 15 is 9.00 Å². The number of rotatable bonds is 43. The standard InChI is InChI=1S/C75H110N17O31PS/c1-5-39(2)65-71(112)81-33-59(101)85-51-38-125(120)73-44(30-49(68(109)80-34-60(102)89-65)86-72(113)66(40(3)53(96)36-93)90-70(111)52-28-42(95)35-92(52)74(114)50(32-64(106)107)87-69(51)110)43-29-48(54(31-47(43)88-73)123-124(117,118)119)84-57(99)13-8-21-79-67(108)45(83-58(100)14-9-24-91-62(104)17-18-63(91)105)12-6-7-20-78-61(103)37-122-26-11-23-77-56(98)19-27-121-25-10-22-76-55(97)16-15-46(75(115)116)82-41(4)94/h17-18,29,31,39-40,42,45-46,49-53,65-66,88,93,95-96H,5-16,19-28,30,32-38H2,1-4H3,(H,76,97)(H,77,98)(H,78,103)(H,79,108)(H,80,109)(H,81,112)(H,82,94)(H,83,100)(H,84,99)(H,85,101)(H,86,113)(H,87,110)(H,89,102)(H,90,111)(H,106,107)(H,115,116)(H2,117,118,119)/t39?,40?,42-,45?,46+,49+,50+,51+,52+,53?,65+,66+,125?/m1/s1. The number of aromatic nitrogens is 1. The molecule has 4 aliphatic rings. The summed E-state index contributed by atoms with van der Waals surface area (Å²) in [5, 5.41) is 85.1. The molecule has 17 amide bonds. The Balaban J connectivity index is 1.19. The molecule has 4 aliphatic heterocycles. The van der Waals surface area contributed by atoms with E-state index in [0.29, 0.717) is 17.7 Å². The molecule has 22 N–H and O–H groups in total. The van der Waals surface area contributed by atoms with Crippen molar-refractivity contribution in [3.8, 4) is 5.75 Å². The lowest BCUT2D eigenvalue weighted by atomic mass is 9.93. The molecular formula is C75H110N17O31PS. The van der Waals surface area contributed by atoms with Crippen LogP contribution in [0.4, 0.5) is 5.69 Å². The average Bonchev–Trinajstić information content (AvgIpc) is 1.62. The zero-order valence-electron chi connectivity index (χ0n) is 69.1. The van der Waals surface area contributed by atoms with Gasteiger partial charge in [-0.2, -0.15) is 0 Å². The molecule has 50 heteroatoms. The van der Waals surface area contributed by atoms with E-state index in [-0.39, 0.29) is 146 Å². The summed E-state index contributed by atoms with van der Waals surface area (Å²) in [4.78, 5) is 278. The number of benzene rings is 1. The first-order chi connectivity index (χ1) is 59.2.